The molecule has 0 bridgehead atoms. The zero-order valence-electron chi connectivity index (χ0n) is 14.1. The molecule has 1 aromatic rings. The number of hydrazine groups is 1. The van der Waals surface area contributed by atoms with Gasteiger partial charge in [0.25, 0.3) is 11.8 Å². The molecule has 3 N–H and O–H groups in total. The third kappa shape index (κ3) is 3.10. The molecule has 1 unspecified atom stereocenters. The van der Waals surface area contributed by atoms with Gasteiger partial charge in [0.15, 0.2) is 6.23 Å². The van der Waals surface area contributed by atoms with Crippen molar-refractivity contribution in [2.75, 3.05) is 7.11 Å². The molecule has 134 valence electrons. The van der Waals surface area contributed by atoms with Crippen molar-refractivity contribution in [1.82, 2.24) is 15.8 Å². The summed E-state index contributed by atoms with van der Waals surface area (Å²) < 4.78 is 4.85. The molecular weight excluding hydrogens is 326 g/mol. The molecule has 0 radical (unpaired) electrons. The molecule has 1 fully saturated rings. The summed E-state index contributed by atoms with van der Waals surface area (Å²) in [6.45, 7) is 1.57. The molecule has 0 aromatic heterocycles. The molecule has 8 nitrogen and oxygen atoms in total. The summed E-state index contributed by atoms with van der Waals surface area (Å²) in [5, 5.41) is 10.4. The molecule has 1 aliphatic carbocycles. The third-order valence-electron chi connectivity index (χ3n) is 4.88. The van der Waals surface area contributed by atoms with Crippen molar-refractivity contribution in [3.63, 3.8) is 0 Å². The molecule has 1 aromatic carbocycles. The maximum absolute atomic E-state index is 12.4. The van der Waals surface area contributed by atoms with Crippen LogP contribution in [-0.2, 0) is 14.3 Å². The monoisotopic (exact) mass is 347 g/mol. The van der Waals surface area contributed by atoms with Crippen LogP contribution in [-0.4, -0.2) is 47.0 Å². The maximum Gasteiger partial charge on any atom is 0.267 e. The number of benzene rings is 1. The Balaban J connectivity index is 1.52. The maximum atomic E-state index is 12.4. The van der Waals surface area contributed by atoms with Gasteiger partial charge in [-0.1, -0.05) is 18.2 Å². The van der Waals surface area contributed by atoms with Crippen LogP contribution in [0.1, 0.15) is 41.9 Å². The van der Waals surface area contributed by atoms with E-state index in [0.29, 0.717) is 24.0 Å². The van der Waals surface area contributed by atoms with Crippen molar-refractivity contribution < 1.29 is 24.2 Å². The molecule has 0 spiro atoms. The largest absolute Gasteiger partial charge is 0.372 e. The van der Waals surface area contributed by atoms with E-state index in [0.717, 1.165) is 0 Å². The lowest BCUT2D eigenvalue weighted by Crippen LogP contribution is -2.54. The number of nitrogens with zero attached hydrogens (tertiary/aromatic N) is 1. The van der Waals surface area contributed by atoms with Crippen LogP contribution in [0.5, 0.6) is 0 Å². The normalized spacial score (nSPS) is 25.8. The van der Waals surface area contributed by atoms with Crippen LogP contribution in [0.4, 0.5) is 0 Å². The summed E-state index contributed by atoms with van der Waals surface area (Å²) in [5.41, 5.74) is 5.77. The van der Waals surface area contributed by atoms with Crippen LogP contribution >= 0.6 is 0 Å². The number of hydrogen-bond acceptors (Lipinski definition) is 5. The van der Waals surface area contributed by atoms with Crippen molar-refractivity contribution in [3.8, 4) is 0 Å². The van der Waals surface area contributed by atoms with Crippen LogP contribution in [0.3, 0.4) is 0 Å². The van der Waals surface area contributed by atoms with Gasteiger partial charge in [0.2, 0.25) is 5.91 Å². The molecular formula is C17H21N3O5. The van der Waals surface area contributed by atoms with Crippen LogP contribution in [0.2, 0.25) is 0 Å². The predicted octanol–water partition coefficient (Wildman–Crippen LogP) is 0.0942. The second-order valence-corrected chi connectivity index (χ2v) is 6.35. The summed E-state index contributed by atoms with van der Waals surface area (Å²) >= 11 is 0. The quantitative estimate of drug-likeness (QED) is 0.669. The Morgan fingerprint density at radius 1 is 1.28 bits per heavy atom. The highest BCUT2D eigenvalue weighted by Gasteiger charge is 2.46. The van der Waals surface area contributed by atoms with E-state index in [1.54, 1.807) is 31.2 Å². The first-order valence-electron chi connectivity index (χ1n) is 8.16. The Bertz CT molecular complexity index is 701. The highest BCUT2D eigenvalue weighted by atomic mass is 16.5. The fraction of sp³-hybridized carbons (Fsp3) is 0.471. The number of hydrogen-bond donors (Lipinski definition) is 3. The van der Waals surface area contributed by atoms with Gasteiger partial charge in [0.1, 0.15) is 6.10 Å². The second-order valence-electron chi connectivity index (χ2n) is 6.35. The number of carbonyl (C=O) groups is 3. The van der Waals surface area contributed by atoms with Gasteiger partial charge in [-0.3, -0.25) is 25.2 Å². The second kappa shape index (κ2) is 6.81. The summed E-state index contributed by atoms with van der Waals surface area (Å²) in [5.74, 6) is -1.28. The number of nitrogens with one attached hydrogen (secondary N) is 2. The van der Waals surface area contributed by atoms with Crippen molar-refractivity contribution in [3.05, 3.63) is 35.4 Å². The first-order valence-corrected chi connectivity index (χ1v) is 8.16. The lowest BCUT2D eigenvalue weighted by molar-refractivity contribution is -0.138. The Kier molecular flexibility index (Phi) is 4.73. The standard InChI is InChI=1S/C17H21N3O5/c1-9(25-2)14(21)18-19-15(22)10-7-11(8-10)20-16(23)12-5-3-4-6-13(12)17(20)24/h3-6,9-11,16,23H,7-8H2,1-2H3,(H,18,21)(H,19,22)/t9-,10-,11-,16?/m1/s1. The Labute approximate surface area is 145 Å². The van der Waals surface area contributed by atoms with Gasteiger partial charge < -0.3 is 14.7 Å². The first kappa shape index (κ1) is 17.4. The van der Waals surface area contributed by atoms with E-state index in [2.05, 4.69) is 10.9 Å². The van der Waals surface area contributed by atoms with Gasteiger partial charge in [0.05, 0.1) is 0 Å². The molecule has 1 aliphatic heterocycles. The number of aliphatic hydroxyl groups is 1. The molecule has 2 atom stereocenters. The third-order valence-corrected chi connectivity index (χ3v) is 4.88. The van der Waals surface area contributed by atoms with Gasteiger partial charge in [-0.05, 0) is 25.8 Å². The number of carbonyl (C=O) groups excluding carboxylic acids is 3. The molecule has 8 heteroatoms. The summed E-state index contributed by atoms with van der Waals surface area (Å²) in [4.78, 5) is 37.5. The Morgan fingerprint density at radius 3 is 2.60 bits per heavy atom. The van der Waals surface area contributed by atoms with Crippen LogP contribution in [0.15, 0.2) is 24.3 Å². The fourth-order valence-electron chi connectivity index (χ4n) is 3.15. The van der Waals surface area contributed by atoms with Gasteiger partial charge >= 0.3 is 0 Å². The van der Waals surface area contributed by atoms with E-state index in [9.17, 15) is 19.5 Å². The predicted molar refractivity (Wildman–Crippen MR) is 86.8 cm³/mol. The van der Waals surface area contributed by atoms with Gasteiger partial charge in [-0.2, -0.15) is 0 Å². The highest BCUT2D eigenvalue weighted by Crippen LogP contribution is 2.41. The van der Waals surface area contributed by atoms with Crippen molar-refractivity contribution in [1.29, 1.82) is 0 Å². The zero-order chi connectivity index (χ0) is 18.1. The topological polar surface area (TPSA) is 108 Å². The average Bonchev–Trinajstić information content (AvgIpc) is 2.83. The van der Waals surface area contributed by atoms with E-state index in [1.165, 1.54) is 12.0 Å². The number of methoxy groups -OCH3 is 1. The number of ether oxygens (including phenoxy) is 1. The Morgan fingerprint density at radius 2 is 1.96 bits per heavy atom. The molecule has 2 aliphatic rings. The van der Waals surface area contributed by atoms with Crippen LogP contribution < -0.4 is 10.9 Å². The number of fused-ring (bicyclic) bond motifs is 1. The molecule has 1 heterocycles. The van der Waals surface area contributed by atoms with Crippen molar-refractivity contribution in [2.24, 2.45) is 5.92 Å². The number of rotatable bonds is 4. The van der Waals surface area contributed by atoms with Crippen molar-refractivity contribution >= 4 is 17.7 Å². The smallest absolute Gasteiger partial charge is 0.267 e. The molecule has 25 heavy (non-hydrogen) atoms. The first-order chi connectivity index (χ1) is 11.9. The van der Waals surface area contributed by atoms with Gasteiger partial charge in [-0.15, -0.1) is 0 Å². The number of amides is 3. The number of aliphatic hydroxyl groups excluding tert-OH is 1. The van der Waals surface area contributed by atoms with E-state index in [4.69, 9.17) is 4.74 Å². The minimum atomic E-state index is -0.972. The zero-order valence-corrected chi connectivity index (χ0v) is 14.1. The SMILES string of the molecule is CO[C@H](C)C(=O)NNC(=O)[C@H]1C[C@H](N2C(=O)c3ccccc3C2O)C1. The van der Waals surface area contributed by atoms with Crippen LogP contribution in [0.25, 0.3) is 0 Å². The highest BCUT2D eigenvalue weighted by molar-refractivity contribution is 5.99. The summed E-state index contributed by atoms with van der Waals surface area (Å²) in [6.07, 6.45) is -0.748. The Hall–Kier alpha value is -2.45. The van der Waals surface area contributed by atoms with E-state index >= 15 is 0 Å². The van der Waals surface area contributed by atoms with E-state index in [-0.39, 0.29) is 23.8 Å². The molecule has 3 rings (SSSR count). The van der Waals surface area contributed by atoms with Crippen molar-refractivity contribution in [2.45, 2.75) is 38.1 Å². The average molecular weight is 347 g/mol. The van der Waals surface area contributed by atoms with E-state index < -0.39 is 18.2 Å². The molecule has 0 saturated heterocycles. The fourth-order valence-corrected chi connectivity index (χ4v) is 3.15. The lowest BCUT2D eigenvalue weighted by atomic mass is 9.78. The summed E-state index contributed by atoms with van der Waals surface area (Å²) in [7, 11) is 1.40. The summed E-state index contributed by atoms with van der Waals surface area (Å²) in [6, 6.07) is 6.76. The molecule has 3 amide bonds. The van der Waals surface area contributed by atoms with E-state index in [1.807, 2.05) is 0 Å². The minimum absolute atomic E-state index is 0.195. The molecule has 1 saturated carbocycles. The minimum Gasteiger partial charge on any atom is -0.372 e. The van der Waals surface area contributed by atoms with Crippen LogP contribution in [0, 0.1) is 5.92 Å². The van der Waals surface area contributed by atoms with Gasteiger partial charge in [-0.25, -0.2) is 0 Å². The lowest BCUT2D eigenvalue weighted by Gasteiger charge is -2.41. The van der Waals surface area contributed by atoms with Gasteiger partial charge in [0, 0.05) is 30.2 Å².